The number of ether oxygens (including phenoxy) is 1. The van der Waals surface area contributed by atoms with Crippen LogP contribution in [-0.2, 0) is 11.2 Å². The molecule has 1 aromatic rings. The molecule has 0 aliphatic carbocycles. The van der Waals surface area contributed by atoms with E-state index in [1.807, 2.05) is 13.8 Å². The molecule has 0 bridgehead atoms. The van der Waals surface area contributed by atoms with Crippen LogP contribution in [0.1, 0.15) is 33.3 Å². The molecule has 0 radical (unpaired) electrons. The van der Waals surface area contributed by atoms with Crippen molar-refractivity contribution in [2.24, 2.45) is 5.92 Å². The van der Waals surface area contributed by atoms with Crippen LogP contribution in [0, 0.1) is 17.6 Å². The Balaban J connectivity index is 3.05. The zero-order valence-electron chi connectivity index (χ0n) is 13.1. The molecule has 21 heavy (non-hydrogen) atoms. The molecule has 0 amide bonds. The van der Waals surface area contributed by atoms with Crippen LogP contribution in [0.2, 0.25) is 0 Å². The van der Waals surface area contributed by atoms with Gasteiger partial charge in [-0.2, -0.15) is 0 Å². The van der Waals surface area contributed by atoms with Crippen molar-refractivity contribution in [2.45, 2.75) is 46.3 Å². The van der Waals surface area contributed by atoms with Gasteiger partial charge in [0.25, 0.3) is 0 Å². The lowest BCUT2D eigenvalue weighted by atomic mass is 9.93. The van der Waals surface area contributed by atoms with Gasteiger partial charge in [-0.25, -0.2) is 8.78 Å². The lowest BCUT2D eigenvalue weighted by Crippen LogP contribution is -2.46. The third-order valence-corrected chi connectivity index (χ3v) is 4.05. The molecular formula is C16H24BrF2NO. The zero-order valence-corrected chi connectivity index (χ0v) is 14.6. The summed E-state index contributed by atoms with van der Waals surface area (Å²) in [4.78, 5) is 0. The molecule has 0 aliphatic rings. The molecule has 1 rings (SSSR count). The van der Waals surface area contributed by atoms with Crippen LogP contribution in [0.15, 0.2) is 16.6 Å². The standard InChI is InChI=1S/C16H24BrF2NO/c1-5-20-14(16(10(3)4)21-6-2)9-11-13(18)8-7-12(17)15(11)19/h7-8,10,14,16,20H,5-6,9H2,1-4H3. The molecule has 0 aromatic heterocycles. The van der Waals surface area contributed by atoms with Crippen LogP contribution >= 0.6 is 15.9 Å². The van der Waals surface area contributed by atoms with Gasteiger partial charge in [-0.3, -0.25) is 0 Å². The quantitative estimate of drug-likeness (QED) is 0.694. The number of likely N-dealkylation sites (N-methyl/N-ethyl adjacent to an activating group) is 1. The highest BCUT2D eigenvalue weighted by Gasteiger charge is 2.27. The fraction of sp³-hybridized carbons (Fsp3) is 0.625. The average Bonchev–Trinajstić information content (AvgIpc) is 2.44. The molecule has 0 heterocycles. The van der Waals surface area contributed by atoms with E-state index in [0.717, 1.165) is 6.54 Å². The van der Waals surface area contributed by atoms with E-state index in [9.17, 15) is 8.78 Å². The highest BCUT2D eigenvalue weighted by Crippen LogP contribution is 2.24. The van der Waals surface area contributed by atoms with Crippen LogP contribution < -0.4 is 5.32 Å². The second kappa shape index (κ2) is 8.81. The van der Waals surface area contributed by atoms with Crippen LogP contribution in [0.25, 0.3) is 0 Å². The second-order valence-electron chi connectivity index (χ2n) is 5.35. The minimum Gasteiger partial charge on any atom is -0.377 e. The SMILES string of the molecule is CCNC(Cc1c(F)ccc(Br)c1F)C(OCC)C(C)C. The molecule has 120 valence electrons. The van der Waals surface area contributed by atoms with E-state index in [-0.39, 0.29) is 34.5 Å². The number of rotatable bonds is 8. The predicted octanol–water partition coefficient (Wildman–Crippen LogP) is 4.31. The Morgan fingerprint density at radius 3 is 2.43 bits per heavy atom. The van der Waals surface area contributed by atoms with Crippen LogP contribution in [0.3, 0.4) is 0 Å². The molecule has 0 fully saturated rings. The maximum Gasteiger partial charge on any atom is 0.143 e. The third-order valence-electron chi connectivity index (χ3n) is 3.44. The summed E-state index contributed by atoms with van der Waals surface area (Å²) < 4.78 is 34.2. The average molecular weight is 364 g/mol. The topological polar surface area (TPSA) is 21.3 Å². The molecule has 0 aliphatic heterocycles. The van der Waals surface area contributed by atoms with Crippen molar-refractivity contribution in [1.82, 2.24) is 5.32 Å². The zero-order chi connectivity index (χ0) is 16.0. The van der Waals surface area contributed by atoms with Crippen LogP contribution in [0.4, 0.5) is 8.78 Å². The van der Waals surface area contributed by atoms with E-state index in [2.05, 4.69) is 35.1 Å². The van der Waals surface area contributed by atoms with E-state index >= 15 is 0 Å². The van der Waals surface area contributed by atoms with Crippen LogP contribution in [0.5, 0.6) is 0 Å². The first-order valence-electron chi connectivity index (χ1n) is 7.39. The smallest absolute Gasteiger partial charge is 0.143 e. The Kier molecular flexibility index (Phi) is 7.77. The van der Waals surface area contributed by atoms with E-state index in [4.69, 9.17) is 4.74 Å². The van der Waals surface area contributed by atoms with Gasteiger partial charge in [0, 0.05) is 18.2 Å². The molecule has 0 saturated heterocycles. The number of hydrogen-bond donors (Lipinski definition) is 1. The molecule has 2 unspecified atom stereocenters. The van der Waals surface area contributed by atoms with Crippen LogP contribution in [-0.4, -0.2) is 25.3 Å². The predicted molar refractivity (Wildman–Crippen MR) is 85.5 cm³/mol. The van der Waals surface area contributed by atoms with E-state index in [1.54, 1.807) is 0 Å². The minimum atomic E-state index is -0.531. The fourth-order valence-electron chi connectivity index (χ4n) is 2.51. The molecule has 0 saturated carbocycles. The monoisotopic (exact) mass is 363 g/mol. The Morgan fingerprint density at radius 2 is 1.90 bits per heavy atom. The van der Waals surface area contributed by atoms with Gasteiger partial charge in [0.1, 0.15) is 11.6 Å². The number of halogens is 3. The maximum absolute atomic E-state index is 14.2. The van der Waals surface area contributed by atoms with Gasteiger partial charge >= 0.3 is 0 Å². The first-order valence-corrected chi connectivity index (χ1v) is 8.18. The summed E-state index contributed by atoms with van der Waals surface area (Å²) in [5.41, 5.74) is 0.0979. The van der Waals surface area contributed by atoms with Crippen molar-refractivity contribution >= 4 is 15.9 Å². The lowest BCUT2D eigenvalue weighted by molar-refractivity contribution is 0.00361. The van der Waals surface area contributed by atoms with Gasteiger partial charge < -0.3 is 10.1 Å². The Hall–Kier alpha value is -0.520. The largest absolute Gasteiger partial charge is 0.377 e. The Morgan fingerprint density at radius 1 is 1.24 bits per heavy atom. The normalized spacial score (nSPS) is 14.5. The van der Waals surface area contributed by atoms with Gasteiger partial charge in [0.05, 0.1) is 10.6 Å². The van der Waals surface area contributed by atoms with Gasteiger partial charge in [-0.05, 0) is 53.9 Å². The molecular weight excluding hydrogens is 340 g/mol. The van der Waals surface area contributed by atoms with Crippen molar-refractivity contribution in [3.63, 3.8) is 0 Å². The van der Waals surface area contributed by atoms with Crippen molar-refractivity contribution in [3.05, 3.63) is 33.8 Å². The molecule has 2 atom stereocenters. The van der Waals surface area contributed by atoms with E-state index in [0.29, 0.717) is 6.61 Å². The summed E-state index contributed by atoms with van der Waals surface area (Å²) in [5, 5.41) is 3.30. The summed E-state index contributed by atoms with van der Waals surface area (Å²) in [6.45, 7) is 9.31. The minimum absolute atomic E-state index is 0.0901. The van der Waals surface area contributed by atoms with Crippen molar-refractivity contribution in [2.75, 3.05) is 13.2 Å². The summed E-state index contributed by atoms with van der Waals surface area (Å²) in [6, 6.07) is 2.54. The Labute approximate surface area is 134 Å². The maximum atomic E-state index is 14.2. The Bertz CT molecular complexity index is 454. The first kappa shape index (κ1) is 18.5. The number of nitrogens with one attached hydrogen (secondary N) is 1. The van der Waals surface area contributed by atoms with E-state index < -0.39 is 11.6 Å². The summed E-state index contributed by atoms with van der Waals surface area (Å²) >= 11 is 3.11. The van der Waals surface area contributed by atoms with Gasteiger partial charge in [0.2, 0.25) is 0 Å². The fourth-order valence-corrected chi connectivity index (χ4v) is 2.88. The van der Waals surface area contributed by atoms with Crippen molar-refractivity contribution in [3.8, 4) is 0 Å². The third kappa shape index (κ3) is 5.01. The summed E-state index contributed by atoms with van der Waals surface area (Å²) in [7, 11) is 0. The lowest BCUT2D eigenvalue weighted by Gasteiger charge is -2.31. The van der Waals surface area contributed by atoms with Gasteiger partial charge in [-0.1, -0.05) is 20.8 Å². The second-order valence-corrected chi connectivity index (χ2v) is 6.21. The molecule has 5 heteroatoms. The molecule has 0 spiro atoms. The number of hydrogen-bond acceptors (Lipinski definition) is 2. The van der Waals surface area contributed by atoms with Crippen molar-refractivity contribution < 1.29 is 13.5 Å². The van der Waals surface area contributed by atoms with Crippen molar-refractivity contribution in [1.29, 1.82) is 0 Å². The summed E-state index contributed by atoms with van der Waals surface area (Å²) in [5.74, 6) is -0.790. The highest BCUT2D eigenvalue weighted by atomic mass is 79.9. The van der Waals surface area contributed by atoms with Gasteiger partial charge in [0.15, 0.2) is 0 Å². The van der Waals surface area contributed by atoms with E-state index in [1.165, 1.54) is 12.1 Å². The number of benzene rings is 1. The van der Waals surface area contributed by atoms with Gasteiger partial charge in [-0.15, -0.1) is 0 Å². The molecule has 1 N–H and O–H groups in total. The first-order chi connectivity index (χ1) is 9.92. The highest BCUT2D eigenvalue weighted by molar-refractivity contribution is 9.10. The molecule has 2 nitrogen and oxygen atoms in total. The molecule has 1 aromatic carbocycles. The summed E-state index contributed by atoms with van der Waals surface area (Å²) in [6.07, 6.45) is 0.168.